The van der Waals surface area contributed by atoms with Crippen LogP contribution in [0.5, 0.6) is 11.5 Å². The number of urea groups is 1. The highest BCUT2D eigenvalue weighted by atomic mass is 16.5. The Labute approximate surface area is 198 Å². The van der Waals surface area contributed by atoms with Crippen LogP contribution in [0.25, 0.3) is 0 Å². The Hall–Kier alpha value is -4.33. The van der Waals surface area contributed by atoms with Crippen molar-refractivity contribution < 1.29 is 23.9 Å². The molecule has 1 unspecified atom stereocenters. The monoisotopic (exact) mass is 461 g/mol. The Bertz CT molecular complexity index is 1190. The SMILES string of the molecule is COc1cc(NC(=O)C(C)c2ccccc2NC(=O)Nc2ccccc2)c(C(C)=O)cc1OC. The molecule has 0 aromatic heterocycles. The first-order valence-corrected chi connectivity index (χ1v) is 10.6. The Morgan fingerprint density at radius 1 is 0.765 bits per heavy atom. The highest BCUT2D eigenvalue weighted by Crippen LogP contribution is 2.34. The van der Waals surface area contributed by atoms with E-state index in [0.29, 0.717) is 39.7 Å². The van der Waals surface area contributed by atoms with E-state index >= 15 is 0 Å². The number of Topliss-reactive ketones (excluding diaryl/α,β-unsaturated/α-hetero) is 1. The second-order valence-corrected chi connectivity index (χ2v) is 7.55. The zero-order chi connectivity index (χ0) is 24.7. The number of methoxy groups -OCH3 is 2. The van der Waals surface area contributed by atoms with Gasteiger partial charge in [0, 0.05) is 23.0 Å². The maximum Gasteiger partial charge on any atom is 0.323 e. The third-order valence-corrected chi connectivity index (χ3v) is 5.26. The van der Waals surface area contributed by atoms with Crippen molar-refractivity contribution in [3.05, 3.63) is 77.9 Å². The number of nitrogens with one attached hydrogen (secondary N) is 3. The van der Waals surface area contributed by atoms with Gasteiger partial charge >= 0.3 is 6.03 Å². The van der Waals surface area contributed by atoms with E-state index < -0.39 is 11.9 Å². The molecule has 3 aromatic carbocycles. The lowest BCUT2D eigenvalue weighted by molar-refractivity contribution is -0.117. The summed E-state index contributed by atoms with van der Waals surface area (Å²) >= 11 is 0. The molecule has 176 valence electrons. The Kier molecular flexibility index (Phi) is 7.87. The van der Waals surface area contributed by atoms with Crippen LogP contribution in [0.3, 0.4) is 0 Å². The lowest BCUT2D eigenvalue weighted by Crippen LogP contribution is -2.24. The molecule has 0 aliphatic carbocycles. The van der Waals surface area contributed by atoms with Gasteiger partial charge in [0.25, 0.3) is 0 Å². The fourth-order valence-electron chi connectivity index (χ4n) is 3.45. The standard InChI is InChI=1S/C26H27N3O5/c1-16(25(31)28-22-15-24(34-4)23(33-3)14-20(22)17(2)30)19-12-8-9-13-21(19)29-26(32)27-18-10-6-5-7-11-18/h5-16H,1-4H3,(H,28,31)(H2,27,29,32). The predicted molar refractivity (Wildman–Crippen MR) is 132 cm³/mol. The highest BCUT2D eigenvalue weighted by molar-refractivity contribution is 6.06. The molecule has 8 nitrogen and oxygen atoms in total. The molecule has 0 aliphatic heterocycles. The lowest BCUT2D eigenvalue weighted by Gasteiger charge is -2.19. The van der Waals surface area contributed by atoms with Crippen LogP contribution in [-0.4, -0.2) is 31.9 Å². The average Bonchev–Trinajstić information content (AvgIpc) is 2.84. The summed E-state index contributed by atoms with van der Waals surface area (Å²) in [5, 5.41) is 8.37. The van der Waals surface area contributed by atoms with E-state index in [0.717, 1.165) is 0 Å². The molecule has 34 heavy (non-hydrogen) atoms. The fourth-order valence-corrected chi connectivity index (χ4v) is 3.45. The zero-order valence-electron chi connectivity index (χ0n) is 19.5. The fraction of sp³-hybridized carbons (Fsp3) is 0.192. The van der Waals surface area contributed by atoms with Gasteiger partial charge in [-0.3, -0.25) is 9.59 Å². The van der Waals surface area contributed by atoms with E-state index in [-0.39, 0.29) is 11.7 Å². The second-order valence-electron chi connectivity index (χ2n) is 7.55. The predicted octanol–water partition coefficient (Wildman–Crippen LogP) is 5.29. The quantitative estimate of drug-likeness (QED) is 0.395. The van der Waals surface area contributed by atoms with Crippen LogP contribution in [0.4, 0.5) is 21.9 Å². The number of carbonyl (C=O) groups is 3. The van der Waals surface area contributed by atoms with Gasteiger partial charge in [0.1, 0.15) is 0 Å². The van der Waals surface area contributed by atoms with Crippen LogP contribution in [0.1, 0.15) is 35.7 Å². The molecule has 3 N–H and O–H groups in total. The van der Waals surface area contributed by atoms with Gasteiger partial charge in [0.2, 0.25) is 5.91 Å². The molecule has 0 bridgehead atoms. The molecule has 1 atom stereocenters. The molecular weight excluding hydrogens is 434 g/mol. The van der Waals surface area contributed by atoms with E-state index in [2.05, 4.69) is 16.0 Å². The van der Waals surface area contributed by atoms with Crippen molar-refractivity contribution in [1.82, 2.24) is 0 Å². The second kappa shape index (κ2) is 11.0. The third kappa shape index (κ3) is 5.72. The van der Waals surface area contributed by atoms with Crippen molar-refractivity contribution in [2.45, 2.75) is 19.8 Å². The summed E-state index contributed by atoms with van der Waals surface area (Å²) in [4.78, 5) is 37.8. The molecule has 0 heterocycles. The first-order chi connectivity index (χ1) is 16.3. The molecule has 0 saturated carbocycles. The van der Waals surface area contributed by atoms with Gasteiger partial charge in [-0.05, 0) is 43.7 Å². The Morgan fingerprint density at radius 2 is 1.38 bits per heavy atom. The summed E-state index contributed by atoms with van der Waals surface area (Å²) in [7, 11) is 2.95. The first-order valence-electron chi connectivity index (χ1n) is 10.6. The smallest absolute Gasteiger partial charge is 0.323 e. The van der Waals surface area contributed by atoms with Crippen LogP contribution in [-0.2, 0) is 4.79 Å². The minimum atomic E-state index is -0.638. The number of carbonyl (C=O) groups excluding carboxylic acids is 3. The number of hydrogen-bond donors (Lipinski definition) is 3. The van der Waals surface area contributed by atoms with E-state index in [1.807, 2.05) is 18.2 Å². The van der Waals surface area contributed by atoms with Crippen molar-refractivity contribution in [2.24, 2.45) is 0 Å². The van der Waals surface area contributed by atoms with E-state index in [9.17, 15) is 14.4 Å². The third-order valence-electron chi connectivity index (χ3n) is 5.26. The van der Waals surface area contributed by atoms with Gasteiger partial charge in [0.05, 0.1) is 25.8 Å². The molecule has 8 heteroatoms. The van der Waals surface area contributed by atoms with Crippen molar-refractivity contribution >= 4 is 34.8 Å². The summed E-state index contributed by atoms with van der Waals surface area (Å²) in [5.41, 5.74) is 2.38. The number of rotatable bonds is 8. The topological polar surface area (TPSA) is 106 Å². The molecule has 3 amide bonds. The van der Waals surface area contributed by atoms with Crippen LogP contribution in [0.15, 0.2) is 66.7 Å². The number of para-hydroxylation sites is 2. The van der Waals surface area contributed by atoms with Crippen LogP contribution in [0.2, 0.25) is 0 Å². The van der Waals surface area contributed by atoms with Gasteiger partial charge < -0.3 is 25.4 Å². The van der Waals surface area contributed by atoms with Gasteiger partial charge in [-0.1, -0.05) is 36.4 Å². The van der Waals surface area contributed by atoms with Crippen LogP contribution in [0, 0.1) is 0 Å². The lowest BCUT2D eigenvalue weighted by atomic mass is 9.97. The number of hydrogen-bond acceptors (Lipinski definition) is 5. The highest BCUT2D eigenvalue weighted by Gasteiger charge is 2.22. The van der Waals surface area contributed by atoms with Crippen molar-refractivity contribution in [3.63, 3.8) is 0 Å². The average molecular weight is 462 g/mol. The Morgan fingerprint density at radius 3 is 2.03 bits per heavy atom. The van der Waals surface area contributed by atoms with Gasteiger partial charge in [-0.15, -0.1) is 0 Å². The number of amides is 3. The van der Waals surface area contributed by atoms with E-state index in [1.165, 1.54) is 27.2 Å². The van der Waals surface area contributed by atoms with Crippen molar-refractivity contribution in [3.8, 4) is 11.5 Å². The normalized spacial score (nSPS) is 11.2. The maximum atomic E-state index is 13.1. The summed E-state index contributed by atoms with van der Waals surface area (Å²) in [5.74, 6) is -0.454. The molecule has 0 saturated heterocycles. The molecule has 3 rings (SSSR count). The molecule has 0 spiro atoms. The van der Waals surface area contributed by atoms with Crippen molar-refractivity contribution in [1.29, 1.82) is 0 Å². The van der Waals surface area contributed by atoms with Gasteiger partial charge in [-0.2, -0.15) is 0 Å². The maximum absolute atomic E-state index is 13.1. The number of anilines is 3. The van der Waals surface area contributed by atoms with Crippen molar-refractivity contribution in [2.75, 3.05) is 30.2 Å². The minimum Gasteiger partial charge on any atom is -0.493 e. The largest absolute Gasteiger partial charge is 0.493 e. The first kappa shape index (κ1) is 24.3. The number of ketones is 1. The number of ether oxygens (including phenoxy) is 2. The zero-order valence-corrected chi connectivity index (χ0v) is 19.5. The van der Waals surface area contributed by atoms with Crippen LogP contribution >= 0.6 is 0 Å². The molecule has 0 aliphatic rings. The Balaban J connectivity index is 1.82. The molecular formula is C26H27N3O5. The molecule has 0 radical (unpaired) electrons. The van der Waals surface area contributed by atoms with Gasteiger partial charge in [-0.25, -0.2) is 4.79 Å². The summed E-state index contributed by atoms with van der Waals surface area (Å²) < 4.78 is 10.6. The van der Waals surface area contributed by atoms with Crippen LogP contribution < -0.4 is 25.4 Å². The van der Waals surface area contributed by atoms with E-state index in [1.54, 1.807) is 49.4 Å². The summed E-state index contributed by atoms with van der Waals surface area (Å²) in [6.45, 7) is 3.13. The summed E-state index contributed by atoms with van der Waals surface area (Å²) in [6, 6.07) is 18.8. The van der Waals surface area contributed by atoms with E-state index in [4.69, 9.17) is 9.47 Å². The minimum absolute atomic E-state index is 0.233. The summed E-state index contributed by atoms with van der Waals surface area (Å²) in [6.07, 6.45) is 0. The molecule has 0 fully saturated rings. The molecule has 3 aromatic rings. The van der Waals surface area contributed by atoms with Gasteiger partial charge in [0.15, 0.2) is 17.3 Å². The number of benzene rings is 3.